The van der Waals surface area contributed by atoms with Gasteiger partial charge in [-0.1, -0.05) is 30.2 Å². The standard InChI is InChI=1S/C13H17NO/c1-11(14-9-5-6-10-14)13(15)12-7-3-2-4-8-12/h2-4,7-8,11H,5-6,9-10H2,1H3/i2D,3D,4D,7D,8D. The molecule has 1 aliphatic rings. The molecule has 80 valence electrons. The third kappa shape index (κ3) is 2.26. The van der Waals surface area contributed by atoms with Gasteiger partial charge in [-0.2, -0.15) is 0 Å². The first-order valence-corrected chi connectivity index (χ1v) is 5.21. The van der Waals surface area contributed by atoms with Crippen LogP contribution in [0.4, 0.5) is 0 Å². The summed E-state index contributed by atoms with van der Waals surface area (Å²) in [6, 6.07) is -2.66. The highest BCUT2D eigenvalue weighted by atomic mass is 16.1. The Morgan fingerprint density at radius 1 is 1.33 bits per heavy atom. The summed E-state index contributed by atoms with van der Waals surface area (Å²) in [5, 5.41) is 0. The van der Waals surface area contributed by atoms with Crippen LogP contribution in [0.3, 0.4) is 0 Å². The second-order valence-corrected chi connectivity index (χ2v) is 3.78. The Bertz CT molecular complexity index is 525. The van der Waals surface area contributed by atoms with Crippen molar-refractivity contribution in [3.05, 3.63) is 35.8 Å². The fraction of sp³-hybridized carbons (Fsp3) is 0.462. The fourth-order valence-corrected chi connectivity index (χ4v) is 1.88. The van der Waals surface area contributed by atoms with E-state index in [2.05, 4.69) is 0 Å². The number of rotatable bonds is 3. The molecule has 0 amide bonds. The maximum atomic E-state index is 12.5. The second kappa shape index (κ2) is 4.58. The van der Waals surface area contributed by atoms with Crippen molar-refractivity contribution in [2.75, 3.05) is 13.1 Å². The molecule has 1 aromatic carbocycles. The van der Waals surface area contributed by atoms with Gasteiger partial charge in [-0.3, -0.25) is 9.69 Å². The van der Waals surface area contributed by atoms with Crippen molar-refractivity contribution >= 4 is 5.78 Å². The predicted molar refractivity (Wildman–Crippen MR) is 61.0 cm³/mol. The molecule has 0 aromatic heterocycles. The monoisotopic (exact) mass is 208 g/mol. The highest BCUT2D eigenvalue weighted by Gasteiger charge is 2.24. The SMILES string of the molecule is [2H]c1c([2H])c([2H])c(C(=O)C(C)N2CCCC2)c([2H])c1[2H]. The lowest BCUT2D eigenvalue weighted by Gasteiger charge is -2.22. The van der Waals surface area contributed by atoms with Gasteiger partial charge >= 0.3 is 0 Å². The summed E-state index contributed by atoms with van der Waals surface area (Å²) in [6.07, 6.45) is 2.05. The zero-order valence-electron chi connectivity index (χ0n) is 13.8. The van der Waals surface area contributed by atoms with E-state index in [-0.39, 0.29) is 5.56 Å². The van der Waals surface area contributed by atoms with Gasteiger partial charge < -0.3 is 0 Å². The Morgan fingerprint density at radius 2 is 1.93 bits per heavy atom. The molecule has 1 aliphatic heterocycles. The smallest absolute Gasteiger partial charge is 0.179 e. The van der Waals surface area contributed by atoms with E-state index < -0.39 is 42.0 Å². The number of hydrogen-bond donors (Lipinski definition) is 0. The average Bonchev–Trinajstić information content (AvgIpc) is 2.96. The number of benzene rings is 1. The summed E-state index contributed by atoms with van der Waals surface area (Å²) in [7, 11) is 0. The van der Waals surface area contributed by atoms with Gasteiger partial charge in [0.05, 0.1) is 12.9 Å². The molecule has 1 heterocycles. The van der Waals surface area contributed by atoms with Crippen LogP contribution in [-0.4, -0.2) is 29.8 Å². The van der Waals surface area contributed by atoms with Crippen molar-refractivity contribution in [3.8, 4) is 0 Å². The number of carbonyl (C=O) groups excluding carboxylic acids is 1. The summed E-state index contributed by atoms with van der Waals surface area (Å²) in [6.45, 7) is 3.35. The van der Waals surface area contributed by atoms with E-state index in [0.717, 1.165) is 25.9 Å². The van der Waals surface area contributed by atoms with Crippen molar-refractivity contribution in [1.29, 1.82) is 0 Å². The lowest BCUT2D eigenvalue weighted by Crippen LogP contribution is -2.36. The Balaban J connectivity index is 2.44. The van der Waals surface area contributed by atoms with Crippen LogP contribution in [0.1, 0.15) is 37.0 Å². The highest BCUT2D eigenvalue weighted by Crippen LogP contribution is 2.15. The summed E-state index contributed by atoms with van der Waals surface area (Å²) in [5.74, 6) is -0.399. The largest absolute Gasteiger partial charge is 0.294 e. The zero-order chi connectivity index (χ0) is 15.0. The Hall–Kier alpha value is -1.15. The lowest BCUT2D eigenvalue weighted by molar-refractivity contribution is 0.0867. The molecule has 2 nitrogen and oxygen atoms in total. The van der Waals surface area contributed by atoms with Gasteiger partial charge in [-0.25, -0.2) is 0 Å². The lowest BCUT2D eigenvalue weighted by atomic mass is 10.0. The van der Waals surface area contributed by atoms with Crippen LogP contribution in [0.2, 0.25) is 0 Å². The highest BCUT2D eigenvalue weighted by molar-refractivity contribution is 5.99. The van der Waals surface area contributed by atoms with E-state index in [4.69, 9.17) is 6.85 Å². The van der Waals surface area contributed by atoms with Crippen LogP contribution in [0.5, 0.6) is 0 Å². The number of likely N-dealkylation sites (tertiary alicyclic amines) is 1. The Morgan fingerprint density at radius 3 is 2.53 bits per heavy atom. The van der Waals surface area contributed by atoms with Crippen molar-refractivity contribution in [3.63, 3.8) is 0 Å². The molecular formula is C13H17NO. The van der Waals surface area contributed by atoms with Gasteiger partial charge in [-0.15, -0.1) is 0 Å². The van der Waals surface area contributed by atoms with Crippen LogP contribution in [0.25, 0.3) is 0 Å². The summed E-state index contributed by atoms with van der Waals surface area (Å²) in [4.78, 5) is 14.5. The van der Waals surface area contributed by atoms with Gasteiger partial charge in [0.15, 0.2) is 5.78 Å². The van der Waals surface area contributed by atoms with E-state index in [0.29, 0.717) is 0 Å². The van der Waals surface area contributed by atoms with Gasteiger partial charge in [0.1, 0.15) is 0 Å². The number of Topliss-reactive ketones (excluding diaryl/α,β-unsaturated/α-hetero) is 1. The van der Waals surface area contributed by atoms with Crippen LogP contribution >= 0.6 is 0 Å². The van der Waals surface area contributed by atoms with E-state index in [1.54, 1.807) is 6.92 Å². The van der Waals surface area contributed by atoms with E-state index in [1.807, 2.05) is 4.90 Å². The summed E-state index contributed by atoms with van der Waals surface area (Å²) < 4.78 is 38.4. The van der Waals surface area contributed by atoms with Crippen molar-refractivity contribution in [2.45, 2.75) is 25.8 Å². The molecule has 1 atom stereocenters. The molecule has 0 spiro atoms. The number of nitrogens with zero attached hydrogens (tertiary/aromatic N) is 1. The normalized spacial score (nSPS) is 23.7. The quantitative estimate of drug-likeness (QED) is 0.711. The van der Waals surface area contributed by atoms with Crippen molar-refractivity contribution in [1.82, 2.24) is 4.90 Å². The fourth-order valence-electron chi connectivity index (χ4n) is 1.88. The third-order valence-electron chi connectivity index (χ3n) is 2.81. The molecule has 0 radical (unpaired) electrons. The molecule has 1 saturated heterocycles. The van der Waals surface area contributed by atoms with Crippen LogP contribution in [0, 0.1) is 0 Å². The minimum Gasteiger partial charge on any atom is -0.294 e. The average molecular weight is 208 g/mol. The van der Waals surface area contributed by atoms with Crippen molar-refractivity contribution < 1.29 is 11.6 Å². The van der Waals surface area contributed by atoms with Gasteiger partial charge in [-0.05, 0) is 32.9 Å². The zero-order valence-corrected chi connectivity index (χ0v) is 8.76. The first-order chi connectivity index (χ1) is 9.36. The Labute approximate surface area is 97.9 Å². The molecule has 15 heavy (non-hydrogen) atoms. The first-order valence-electron chi connectivity index (χ1n) is 7.71. The number of ketones is 1. The maximum absolute atomic E-state index is 12.5. The first kappa shape index (κ1) is 5.80. The molecule has 0 bridgehead atoms. The molecular weight excluding hydrogens is 186 g/mol. The maximum Gasteiger partial charge on any atom is 0.179 e. The molecule has 1 unspecified atom stereocenters. The Kier molecular flexibility index (Phi) is 1.77. The third-order valence-corrected chi connectivity index (χ3v) is 2.81. The summed E-state index contributed by atoms with van der Waals surface area (Å²) in [5.41, 5.74) is -0.199. The van der Waals surface area contributed by atoms with E-state index >= 15 is 0 Å². The minimum atomic E-state index is -0.467. The molecule has 2 heteroatoms. The van der Waals surface area contributed by atoms with Gasteiger partial charge in [0, 0.05) is 5.56 Å². The van der Waals surface area contributed by atoms with Crippen molar-refractivity contribution in [2.24, 2.45) is 0 Å². The minimum absolute atomic E-state index is 0.199. The van der Waals surface area contributed by atoms with Crippen LogP contribution in [-0.2, 0) is 0 Å². The second-order valence-electron chi connectivity index (χ2n) is 3.78. The van der Waals surface area contributed by atoms with E-state index in [1.165, 1.54) is 0 Å². The van der Waals surface area contributed by atoms with Crippen LogP contribution < -0.4 is 0 Å². The topological polar surface area (TPSA) is 20.3 Å². The summed E-state index contributed by atoms with van der Waals surface area (Å²) >= 11 is 0. The number of hydrogen-bond acceptors (Lipinski definition) is 2. The van der Waals surface area contributed by atoms with Gasteiger partial charge in [0.2, 0.25) is 0 Å². The van der Waals surface area contributed by atoms with Gasteiger partial charge in [0.25, 0.3) is 0 Å². The molecule has 0 saturated carbocycles. The van der Waals surface area contributed by atoms with Crippen LogP contribution in [0.15, 0.2) is 30.2 Å². The predicted octanol–water partition coefficient (Wildman–Crippen LogP) is 2.35. The number of carbonyl (C=O) groups is 1. The molecule has 0 N–H and O–H groups in total. The molecule has 1 aromatic rings. The molecule has 1 fully saturated rings. The molecule has 2 rings (SSSR count). The molecule has 0 aliphatic carbocycles. The van der Waals surface area contributed by atoms with E-state index in [9.17, 15) is 4.79 Å².